The Morgan fingerprint density at radius 1 is 1.06 bits per heavy atom. The van der Waals surface area contributed by atoms with Crippen LogP contribution in [0.1, 0.15) is 37.0 Å². The van der Waals surface area contributed by atoms with Gasteiger partial charge in [0, 0.05) is 17.7 Å². The predicted molar refractivity (Wildman–Crippen MR) is 118 cm³/mol. The van der Waals surface area contributed by atoms with E-state index in [0.717, 1.165) is 19.3 Å². The zero-order valence-corrected chi connectivity index (χ0v) is 19.4. The van der Waals surface area contributed by atoms with Gasteiger partial charge in [0.05, 0.1) is 4.92 Å². The number of rotatable bonds is 11. The Labute approximate surface area is 196 Å². The van der Waals surface area contributed by atoms with Gasteiger partial charge in [-0.15, -0.1) is 0 Å². The molecule has 16 heteroatoms. The van der Waals surface area contributed by atoms with E-state index in [1.165, 1.54) is 26.0 Å². The summed E-state index contributed by atoms with van der Waals surface area (Å²) in [7, 11) is 3.16. The Hall–Kier alpha value is -3.74. The van der Waals surface area contributed by atoms with Crippen molar-refractivity contribution in [1.29, 1.82) is 0 Å². The van der Waals surface area contributed by atoms with Crippen molar-refractivity contribution in [3.8, 4) is 0 Å². The number of esters is 1. The average molecular weight is 496 g/mol. The van der Waals surface area contributed by atoms with Crippen LogP contribution in [0.4, 0.5) is 10.5 Å². The summed E-state index contributed by atoms with van der Waals surface area (Å²) >= 11 is 0. The molecule has 3 atom stereocenters. The molecule has 0 aliphatic carbocycles. The second kappa shape index (κ2) is 14.4. The first-order chi connectivity index (χ1) is 16.0. The molecule has 1 aromatic carbocycles. The van der Waals surface area contributed by atoms with Gasteiger partial charge in [0.1, 0.15) is 0 Å². The zero-order valence-electron chi connectivity index (χ0n) is 18.2. The number of carbonyl (C=O) groups is 5. The van der Waals surface area contributed by atoms with E-state index in [0.29, 0.717) is 0 Å². The second-order valence-corrected chi connectivity index (χ2v) is 7.00. The van der Waals surface area contributed by atoms with Crippen LogP contribution in [0.2, 0.25) is 0 Å². The average Bonchev–Trinajstić information content (AvgIpc) is 2.75. The summed E-state index contributed by atoms with van der Waals surface area (Å²) in [6, 6.07) is 4.61. The van der Waals surface area contributed by atoms with Gasteiger partial charge in [-0.3, -0.25) is 25.0 Å². The first-order valence-electron chi connectivity index (χ1n) is 9.64. The number of ether oxygens (including phenoxy) is 3. The molecule has 0 heterocycles. The SMILES string of the molecule is CC(CC(=O)NC(=O)c1ccc([N+](=O)[O-])cc1)OC(=O)COC(=O)OC(C)CC(=O)NB=NP. The van der Waals surface area contributed by atoms with Gasteiger partial charge < -0.3 is 0 Å². The van der Waals surface area contributed by atoms with Crippen molar-refractivity contribution in [2.24, 2.45) is 4.67 Å². The Morgan fingerprint density at radius 2 is 1.65 bits per heavy atom. The van der Waals surface area contributed by atoms with Crippen LogP contribution >= 0.6 is 9.39 Å². The standard InChI is InChI=1S/C18H22BN4O10P/c1-10(7-14(24)20-17(27)12-3-5-13(6-4-12)23(29)30)32-16(26)9-31-18(28)33-11(2)8-15(25)21-19-22-34/h3-6,10-11H,7-9,34H2,1-2H3,(H,21,25)(H,20,24,27). The van der Waals surface area contributed by atoms with Gasteiger partial charge in [-0.1, -0.05) is 0 Å². The number of nitro benzene ring substituents is 1. The van der Waals surface area contributed by atoms with E-state index < -0.39 is 53.6 Å². The summed E-state index contributed by atoms with van der Waals surface area (Å²) in [6.45, 7) is 2.02. The van der Waals surface area contributed by atoms with Crippen molar-refractivity contribution >= 4 is 52.1 Å². The van der Waals surface area contributed by atoms with Crippen molar-refractivity contribution in [2.45, 2.75) is 38.9 Å². The number of non-ortho nitro benzene ring substituents is 1. The fourth-order valence-electron chi connectivity index (χ4n) is 2.33. The van der Waals surface area contributed by atoms with E-state index in [1.807, 2.05) is 9.39 Å². The quantitative estimate of drug-likeness (QED) is 0.146. The topological polar surface area (TPSA) is 193 Å². The van der Waals surface area contributed by atoms with Crippen LogP contribution in [0.3, 0.4) is 0 Å². The van der Waals surface area contributed by atoms with E-state index in [4.69, 9.17) is 9.47 Å². The third-order valence-corrected chi connectivity index (χ3v) is 3.93. The van der Waals surface area contributed by atoms with Crippen LogP contribution in [0, 0.1) is 10.1 Å². The van der Waals surface area contributed by atoms with E-state index in [2.05, 4.69) is 19.9 Å². The molecule has 1 aromatic rings. The first kappa shape index (κ1) is 28.3. The summed E-state index contributed by atoms with van der Waals surface area (Å²) < 4.78 is 17.8. The maximum absolute atomic E-state index is 12.0. The van der Waals surface area contributed by atoms with Gasteiger partial charge >= 0.3 is 119 Å². The minimum atomic E-state index is -1.20. The summed E-state index contributed by atoms with van der Waals surface area (Å²) in [6.07, 6.45) is -3.53. The number of benzene rings is 1. The molecule has 34 heavy (non-hydrogen) atoms. The van der Waals surface area contributed by atoms with Gasteiger partial charge in [0.2, 0.25) is 5.91 Å². The number of carbonyl (C=O) groups excluding carboxylic acids is 5. The van der Waals surface area contributed by atoms with Crippen LogP contribution in [-0.4, -0.2) is 60.8 Å². The Balaban J connectivity index is 2.35. The Morgan fingerprint density at radius 3 is 2.24 bits per heavy atom. The summed E-state index contributed by atoms with van der Waals surface area (Å²) in [5, 5.41) is 15.0. The summed E-state index contributed by atoms with van der Waals surface area (Å²) in [5.74, 6) is -2.97. The number of nitrogens with zero attached hydrogens (tertiary/aromatic N) is 2. The molecule has 0 saturated carbocycles. The molecule has 14 nitrogen and oxygen atoms in total. The third kappa shape index (κ3) is 11.2. The van der Waals surface area contributed by atoms with Crippen LogP contribution < -0.4 is 10.5 Å². The second-order valence-electron chi connectivity index (χ2n) is 6.70. The van der Waals surface area contributed by atoms with Gasteiger partial charge in [-0.25, -0.2) is 0 Å². The molecule has 2 N–H and O–H groups in total. The number of hydrogen-bond donors (Lipinski definition) is 2. The molecule has 3 unspecified atom stereocenters. The monoisotopic (exact) mass is 496 g/mol. The molecular weight excluding hydrogens is 474 g/mol. The van der Waals surface area contributed by atoms with Crippen molar-refractivity contribution < 1.29 is 43.1 Å². The summed E-state index contributed by atoms with van der Waals surface area (Å²) in [4.78, 5) is 68.8. The van der Waals surface area contributed by atoms with Crippen molar-refractivity contribution in [3.05, 3.63) is 39.9 Å². The van der Waals surface area contributed by atoms with Gasteiger partial charge in [-0.05, 0) is 12.1 Å². The minimum absolute atomic E-state index is 0.0275. The molecule has 182 valence electrons. The molecule has 0 spiro atoms. The van der Waals surface area contributed by atoms with Gasteiger partial charge in [0.15, 0.2) is 0 Å². The predicted octanol–water partition coefficient (Wildman–Crippen LogP) is 0.814. The number of imide groups is 1. The van der Waals surface area contributed by atoms with E-state index in [-0.39, 0.29) is 24.1 Å². The van der Waals surface area contributed by atoms with Crippen LogP contribution in [0.15, 0.2) is 28.9 Å². The van der Waals surface area contributed by atoms with Crippen LogP contribution in [0.25, 0.3) is 0 Å². The zero-order chi connectivity index (χ0) is 25.7. The number of nitro groups is 1. The molecular formula is C18H22BN4O10P. The summed E-state index contributed by atoms with van der Waals surface area (Å²) in [5.41, 5.74) is -0.185. The molecule has 0 radical (unpaired) electrons. The number of hydrogen-bond acceptors (Lipinski definition) is 11. The van der Waals surface area contributed by atoms with E-state index in [9.17, 15) is 34.1 Å². The van der Waals surface area contributed by atoms with Gasteiger partial charge in [-0.2, -0.15) is 0 Å². The fraction of sp³-hybridized carbons (Fsp3) is 0.389. The number of nitrogens with one attached hydrogen (secondary N) is 2. The first-order valence-corrected chi connectivity index (χ1v) is 10.2. The molecule has 0 saturated heterocycles. The van der Waals surface area contributed by atoms with E-state index in [1.54, 1.807) is 0 Å². The number of amides is 3. The molecule has 0 aliphatic heterocycles. The third-order valence-electron chi connectivity index (χ3n) is 3.78. The fourth-order valence-corrected chi connectivity index (χ4v) is 2.41. The molecule has 0 fully saturated rings. The maximum atomic E-state index is 12.0. The molecule has 0 aliphatic rings. The molecule has 0 aromatic heterocycles. The molecule has 3 amide bonds. The van der Waals surface area contributed by atoms with Crippen LogP contribution in [0.5, 0.6) is 0 Å². The van der Waals surface area contributed by atoms with Crippen LogP contribution in [-0.2, 0) is 28.6 Å². The normalized spacial score (nSPS) is 12.0. The van der Waals surface area contributed by atoms with Crippen molar-refractivity contribution in [2.75, 3.05) is 6.61 Å². The molecule has 0 bridgehead atoms. The Bertz CT molecular complexity index is 957. The van der Waals surface area contributed by atoms with Crippen molar-refractivity contribution in [3.63, 3.8) is 0 Å². The Kier molecular flexibility index (Phi) is 12.0. The van der Waals surface area contributed by atoms with Crippen molar-refractivity contribution in [1.82, 2.24) is 10.5 Å². The van der Waals surface area contributed by atoms with Gasteiger partial charge in [0.25, 0.3) is 11.6 Å². The molecule has 1 rings (SSSR count). The van der Waals surface area contributed by atoms with E-state index >= 15 is 0 Å².